The predicted octanol–water partition coefficient (Wildman–Crippen LogP) is 0.620. The minimum absolute atomic E-state index is 0.626. The average Bonchev–Trinajstić information content (AvgIpc) is 2.32. The SMILES string of the molecule is CCC(NC)C1CN(C)CCCN1C. The van der Waals surface area contributed by atoms with E-state index in [9.17, 15) is 0 Å². The normalized spacial score (nSPS) is 28.7. The molecule has 0 saturated carbocycles. The van der Waals surface area contributed by atoms with Crippen molar-refractivity contribution < 1.29 is 0 Å². The van der Waals surface area contributed by atoms with Gasteiger partial charge in [0, 0.05) is 18.6 Å². The molecule has 0 spiro atoms. The molecule has 84 valence electrons. The van der Waals surface area contributed by atoms with E-state index < -0.39 is 0 Å². The van der Waals surface area contributed by atoms with Crippen LogP contribution in [-0.4, -0.2) is 62.7 Å². The summed E-state index contributed by atoms with van der Waals surface area (Å²) in [6.07, 6.45) is 2.50. The number of nitrogens with one attached hydrogen (secondary N) is 1. The summed E-state index contributed by atoms with van der Waals surface area (Å²) in [5.41, 5.74) is 0. The first-order valence-corrected chi connectivity index (χ1v) is 5.75. The second-order valence-electron chi connectivity index (χ2n) is 4.47. The Balaban J connectivity index is 2.60. The van der Waals surface area contributed by atoms with Crippen molar-refractivity contribution in [1.29, 1.82) is 0 Å². The summed E-state index contributed by atoms with van der Waals surface area (Å²) in [6.45, 7) is 5.92. The van der Waals surface area contributed by atoms with Gasteiger partial charge in [0.25, 0.3) is 0 Å². The van der Waals surface area contributed by atoms with Crippen molar-refractivity contribution in [3.8, 4) is 0 Å². The van der Waals surface area contributed by atoms with Crippen molar-refractivity contribution in [3.05, 3.63) is 0 Å². The third-order valence-electron chi connectivity index (χ3n) is 3.39. The molecule has 0 bridgehead atoms. The molecule has 2 atom stereocenters. The van der Waals surface area contributed by atoms with E-state index in [0.29, 0.717) is 12.1 Å². The molecule has 1 heterocycles. The Bertz CT molecular complexity index is 157. The van der Waals surface area contributed by atoms with Gasteiger partial charge in [0.2, 0.25) is 0 Å². The molecule has 3 nitrogen and oxygen atoms in total. The molecule has 0 aliphatic carbocycles. The Labute approximate surface area is 88.5 Å². The lowest BCUT2D eigenvalue weighted by molar-refractivity contribution is 0.179. The molecule has 1 fully saturated rings. The molecule has 0 aromatic carbocycles. The van der Waals surface area contributed by atoms with E-state index in [1.807, 2.05) is 0 Å². The highest BCUT2D eigenvalue weighted by atomic mass is 15.2. The Morgan fingerprint density at radius 1 is 1.36 bits per heavy atom. The van der Waals surface area contributed by atoms with Crippen LogP contribution in [0.4, 0.5) is 0 Å². The van der Waals surface area contributed by atoms with Crippen molar-refractivity contribution in [1.82, 2.24) is 15.1 Å². The molecule has 1 saturated heterocycles. The van der Waals surface area contributed by atoms with Crippen LogP contribution in [0.1, 0.15) is 19.8 Å². The van der Waals surface area contributed by atoms with Gasteiger partial charge in [-0.15, -0.1) is 0 Å². The molecule has 14 heavy (non-hydrogen) atoms. The van der Waals surface area contributed by atoms with Gasteiger partial charge in [0.15, 0.2) is 0 Å². The highest BCUT2D eigenvalue weighted by molar-refractivity contribution is 4.85. The maximum Gasteiger partial charge on any atom is 0.0373 e. The summed E-state index contributed by atoms with van der Waals surface area (Å²) < 4.78 is 0. The number of rotatable bonds is 3. The summed E-state index contributed by atoms with van der Waals surface area (Å²) in [6, 6.07) is 1.29. The van der Waals surface area contributed by atoms with Crippen LogP contribution in [0.2, 0.25) is 0 Å². The second kappa shape index (κ2) is 5.69. The molecular formula is C11H25N3. The Kier molecular flexibility index (Phi) is 4.85. The summed E-state index contributed by atoms with van der Waals surface area (Å²) in [5, 5.41) is 3.43. The maximum atomic E-state index is 3.43. The van der Waals surface area contributed by atoms with Crippen molar-refractivity contribution in [2.45, 2.75) is 31.8 Å². The van der Waals surface area contributed by atoms with Crippen molar-refractivity contribution in [2.24, 2.45) is 0 Å². The van der Waals surface area contributed by atoms with Gasteiger partial charge in [-0.3, -0.25) is 0 Å². The van der Waals surface area contributed by atoms with Gasteiger partial charge in [0.1, 0.15) is 0 Å². The summed E-state index contributed by atoms with van der Waals surface area (Å²) in [5.74, 6) is 0. The third-order valence-corrected chi connectivity index (χ3v) is 3.39. The summed E-state index contributed by atoms with van der Waals surface area (Å²) in [4.78, 5) is 4.96. The van der Waals surface area contributed by atoms with Crippen LogP contribution in [-0.2, 0) is 0 Å². The van der Waals surface area contributed by atoms with Crippen molar-refractivity contribution in [2.75, 3.05) is 40.8 Å². The lowest BCUT2D eigenvalue weighted by atomic mass is 10.0. The van der Waals surface area contributed by atoms with Gasteiger partial charge in [0.05, 0.1) is 0 Å². The number of hydrogen-bond donors (Lipinski definition) is 1. The molecule has 1 N–H and O–H groups in total. The third kappa shape index (κ3) is 2.94. The fraction of sp³-hybridized carbons (Fsp3) is 1.00. The van der Waals surface area contributed by atoms with Crippen LogP contribution in [0.5, 0.6) is 0 Å². The fourth-order valence-corrected chi connectivity index (χ4v) is 2.41. The largest absolute Gasteiger partial charge is 0.315 e. The minimum atomic E-state index is 0.626. The Morgan fingerprint density at radius 2 is 2.07 bits per heavy atom. The lowest BCUT2D eigenvalue weighted by Gasteiger charge is -2.33. The first-order chi connectivity index (χ1) is 6.69. The molecule has 0 aromatic rings. The molecule has 0 radical (unpaired) electrons. The number of hydrogen-bond acceptors (Lipinski definition) is 3. The molecule has 0 amide bonds. The zero-order chi connectivity index (χ0) is 10.6. The minimum Gasteiger partial charge on any atom is -0.315 e. The summed E-state index contributed by atoms with van der Waals surface area (Å²) in [7, 11) is 6.56. The van der Waals surface area contributed by atoms with Crippen LogP contribution in [0.3, 0.4) is 0 Å². The molecular weight excluding hydrogens is 174 g/mol. The topological polar surface area (TPSA) is 18.5 Å². The molecule has 1 aliphatic heterocycles. The monoisotopic (exact) mass is 199 g/mol. The van der Waals surface area contributed by atoms with Gasteiger partial charge >= 0.3 is 0 Å². The van der Waals surface area contributed by atoms with Crippen molar-refractivity contribution >= 4 is 0 Å². The molecule has 0 aromatic heterocycles. The van der Waals surface area contributed by atoms with Crippen LogP contribution in [0, 0.1) is 0 Å². The van der Waals surface area contributed by atoms with Crippen molar-refractivity contribution in [3.63, 3.8) is 0 Å². The zero-order valence-corrected chi connectivity index (χ0v) is 10.1. The van der Waals surface area contributed by atoms with E-state index >= 15 is 0 Å². The highest BCUT2D eigenvalue weighted by Gasteiger charge is 2.25. The van der Waals surface area contributed by atoms with Crippen LogP contribution >= 0.6 is 0 Å². The van der Waals surface area contributed by atoms with E-state index in [1.54, 1.807) is 0 Å². The van der Waals surface area contributed by atoms with E-state index in [2.05, 4.69) is 43.2 Å². The average molecular weight is 199 g/mol. The van der Waals surface area contributed by atoms with Gasteiger partial charge in [-0.2, -0.15) is 0 Å². The van der Waals surface area contributed by atoms with Crippen LogP contribution < -0.4 is 5.32 Å². The van der Waals surface area contributed by atoms with E-state index in [4.69, 9.17) is 0 Å². The van der Waals surface area contributed by atoms with Gasteiger partial charge in [-0.1, -0.05) is 6.92 Å². The van der Waals surface area contributed by atoms with Gasteiger partial charge < -0.3 is 15.1 Å². The zero-order valence-electron chi connectivity index (χ0n) is 10.1. The number of nitrogens with zero attached hydrogens (tertiary/aromatic N) is 2. The fourth-order valence-electron chi connectivity index (χ4n) is 2.41. The lowest BCUT2D eigenvalue weighted by Crippen LogP contribution is -2.51. The first-order valence-electron chi connectivity index (χ1n) is 5.75. The van der Waals surface area contributed by atoms with Gasteiger partial charge in [-0.05, 0) is 47.1 Å². The Hall–Kier alpha value is -0.120. The Morgan fingerprint density at radius 3 is 2.64 bits per heavy atom. The highest BCUT2D eigenvalue weighted by Crippen LogP contribution is 2.12. The maximum absolute atomic E-state index is 3.43. The van der Waals surface area contributed by atoms with Gasteiger partial charge in [-0.25, -0.2) is 0 Å². The molecule has 1 rings (SSSR count). The second-order valence-corrected chi connectivity index (χ2v) is 4.47. The van der Waals surface area contributed by atoms with E-state index in [0.717, 1.165) is 0 Å². The van der Waals surface area contributed by atoms with E-state index in [1.165, 1.54) is 32.5 Å². The predicted molar refractivity (Wildman–Crippen MR) is 61.7 cm³/mol. The quantitative estimate of drug-likeness (QED) is 0.719. The molecule has 1 aliphatic rings. The van der Waals surface area contributed by atoms with E-state index in [-0.39, 0.29) is 0 Å². The van der Waals surface area contributed by atoms with Crippen LogP contribution in [0.25, 0.3) is 0 Å². The number of likely N-dealkylation sites (N-methyl/N-ethyl adjacent to an activating group) is 3. The molecule has 3 heteroatoms. The standard InChI is InChI=1S/C11H25N3/c1-5-10(12-2)11-9-13(3)7-6-8-14(11)4/h10-12H,5-9H2,1-4H3. The smallest absolute Gasteiger partial charge is 0.0373 e. The summed E-state index contributed by atoms with van der Waals surface area (Å²) >= 11 is 0. The molecule has 2 unspecified atom stereocenters. The first kappa shape index (κ1) is 12.0. The van der Waals surface area contributed by atoms with Crippen LogP contribution in [0.15, 0.2) is 0 Å².